The maximum Gasteiger partial charge on any atom is 0.191 e. The third kappa shape index (κ3) is 2.81. The number of pyridine rings is 1. The first-order valence-electron chi connectivity index (χ1n) is 4.52. The fourth-order valence-electron chi connectivity index (χ4n) is 1.01. The minimum absolute atomic E-state index is 0.141. The Balaban J connectivity index is 1.95. The summed E-state index contributed by atoms with van der Waals surface area (Å²) >= 11 is 0. The SMILES string of the molecule is N/C(=N\OCC1CO1)c1ccc[n+]([O-])c1. The van der Waals surface area contributed by atoms with Crippen LogP contribution in [0.15, 0.2) is 29.7 Å². The molecule has 0 radical (unpaired) electrons. The third-order valence-electron chi connectivity index (χ3n) is 1.90. The number of nitrogens with two attached hydrogens (primary N) is 1. The minimum atomic E-state index is 0.141. The van der Waals surface area contributed by atoms with Gasteiger partial charge in [-0.1, -0.05) is 5.16 Å². The maximum absolute atomic E-state index is 10.9. The maximum atomic E-state index is 10.9. The Morgan fingerprint density at radius 3 is 3.27 bits per heavy atom. The van der Waals surface area contributed by atoms with E-state index in [-0.39, 0.29) is 11.9 Å². The molecule has 1 fully saturated rings. The highest BCUT2D eigenvalue weighted by Gasteiger charge is 2.23. The van der Waals surface area contributed by atoms with Crippen LogP contribution >= 0.6 is 0 Å². The van der Waals surface area contributed by atoms with Crippen LogP contribution in [0, 0.1) is 5.21 Å². The standard InChI is InChI=1S/C9H11N3O3/c10-9(11-15-6-8-5-14-8)7-2-1-3-12(13)4-7/h1-4,8H,5-6H2,(H2,10,11). The highest BCUT2D eigenvalue weighted by molar-refractivity contribution is 5.96. The Morgan fingerprint density at radius 1 is 1.80 bits per heavy atom. The second-order valence-corrected chi connectivity index (χ2v) is 3.18. The number of hydrogen-bond acceptors (Lipinski definition) is 4. The van der Waals surface area contributed by atoms with Gasteiger partial charge in [-0.15, -0.1) is 0 Å². The molecule has 1 unspecified atom stereocenters. The molecular formula is C9H11N3O3. The van der Waals surface area contributed by atoms with Crippen molar-refractivity contribution in [1.29, 1.82) is 0 Å². The summed E-state index contributed by atoms with van der Waals surface area (Å²) in [5.74, 6) is 0.181. The smallest absolute Gasteiger partial charge is 0.191 e. The van der Waals surface area contributed by atoms with Crippen molar-refractivity contribution in [2.24, 2.45) is 10.9 Å². The summed E-state index contributed by atoms with van der Waals surface area (Å²) in [6.07, 6.45) is 2.84. The van der Waals surface area contributed by atoms with Crippen LogP contribution in [-0.4, -0.2) is 25.2 Å². The molecule has 1 aliphatic heterocycles. The Morgan fingerprint density at radius 2 is 2.60 bits per heavy atom. The molecule has 1 atom stereocenters. The van der Waals surface area contributed by atoms with E-state index >= 15 is 0 Å². The number of hydrogen-bond donors (Lipinski definition) is 1. The van der Waals surface area contributed by atoms with Crippen molar-refractivity contribution in [1.82, 2.24) is 0 Å². The Labute approximate surface area is 86.5 Å². The lowest BCUT2D eigenvalue weighted by molar-refractivity contribution is -0.605. The average molecular weight is 209 g/mol. The molecular weight excluding hydrogens is 198 g/mol. The van der Waals surface area contributed by atoms with E-state index in [0.717, 1.165) is 0 Å². The fraction of sp³-hybridized carbons (Fsp3) is 0.333. The highest BCUT2D eigenvalue weighted by atomic mass is 16.7. The summed E-state index contributed by atoms with van der Waals surface area (Å²) in [6.45, 7) is 1.10. The van der Waals surface area contributed by atoms with Crippen molar-refractivity contribution >= 4 is 5.84 Å². The zero-order chi connectivity index (χ0) is 10.7. The van der Waals surface area contributed by atoms with Crippen LogP contribution in [0.3, 0.4) is 0 Å². The average Bonchev–Trinajstić information content (AvgIpc) is 3.01. The lowest BCUT2D eigenvalue weighted by atomic mass is 10.3. The quantitative estimate of drug-likeness (QED) is 0.178. The second kappa shape index (κ2) is 4.14. The number of amidine groups is 1. The molecule has 80 valence electrons. The molecule has 2 N–H and O–H groups in total. The van der Waals surface area contributed by atoms with Crippen molar-refractivity contribution in [2.45, 2.75) is 6.10 Å². The summed E-state index contributed by atoms with van der Waals surface area (Å²) in [5, 5.41) is 14.6. The van der Waals surface area contributed by atoms with Crippen LogP contribution < -0.4 is 10.5 Å². The Hall–Kier alpha value is -1.82. The van der Waals surface area contributed by atoms with Gasteiger partial charge in [-0.05, 0) is 6.07 Å². The fourth-order valence-corrected chi connectivity index (χ4v) is 1.01. The van der Waals surface area contributed by atoms with Gasteiger partial charge >= 0.3 is 0 Å². The van der Waals surface area contributed by atoms with E-state index in [1.54, 1.807) is 12.1 Å². The second-order valence-electron chi connectivity index (χ2n) is 3.18. The van der Waals surface area contributed by atoms with Gasteiger partial charge < -0.3 is 20.5 Å². The van der Waals surface area contributed by atoms with E-state index in [0.29, 0.717) is 23.5 Å². The normalized spacial score (nSPS) is 20.0. The summed E-state index contributed by atoms with van der Waals surface area (Å²) in [5.41, 5.74) is 6.13. The first-order chi connectivity index (χ1) is 7.25. The first-order valence-corrected chi connectivity index (χ1v) is 4.52. The zero-order valence-electron chi connectivity index (χ0n) is 8.00. The van der Waals surface area contributed by atoms with E-state index in [4.69, 9.17) is 15.3 Å². The van der Waals surface area contributed by atoms with Crippen LogP contribution in [0.5, 0.6) is 0 Å². The molecule has 0 amide bonds. The Bertz CT molecular complexity index is 377. The van der Waals surface area contributed by atoms with E-state index < -0.39 is 0 Å². The molecule has 6 heteroatoms. The van der Waals surface area contributed by atoms with Gasteiger partial charge in [-0.3, -0.25) is 0 Å². The molecule has 0 bridgehead atoms. The molecule has 15 heavy (non-hydrogen) atoms. The van der Waals surface area contributed by atoms with Gasteiger partial charge in [-0.2, -0.15) is 4.73 Å². The van der Waals surface area contributed by atoms with Gasteiger partial charge in [0.05, 0.1) is 12.2 Å². The summed E-state index contributed by atoms with van der Waals surface area (Å²) < 4.78 is 5.58. The highest BCUT2D eigenvalue weighted by Crippen LogP contribution is 2.08. The van der Waals surface area contributed by atoms with Crippen LogP contribution in [0.2, 0.25) is 0 Å². The molecule has 6 nitrogen and oxygen atoms in total. The molecule has 2 rings (SSSR count). The monoisotopic (exact) mass is 209 g/mol. The molecule has 0 spiro atoms. The third-order valence-corrected chi connectivity index (χ3v) is 1.90. The van der Waals surface area contributed by atoms with Crippen molar-refractivity contribution in [3.05, 3.63) is 35.3 Å². The number of epoxide rings is 1. The predicted molar refractivity (Wildman–Crippen MR) is 51.8 cm³/mol. The topological polar surface area (TPSA) is 87.1 Å². The number of ether oxygens (including phenoxy) is 1. The number of rotatable bonds is 4. The van der Waals surface area contributed by atoms with Gasteiger partial charge in [0.2, 0.25) is 0 Å². The van der Waals surface area contributed by atoms with Crippen LogP contribution in [-0.2, 0) is 9.57 Å². The lowest BCUT2D eigenvalue weighted by Gasteiger charge is -2.00. The largest absolute Gasteiger partial charge is 0.619 e. The molecule has 0 saturated carbocycles. The van der Waals surface area contributed by atoms with Crippen LogP contribution in [0.4, 0.5) is 0 Å². The molecule has 1 saturated heterocycles. The number of aromatic nitrogens is 1. The van der Waals surface area contributed by atoms with E-state index in [2.05, 4.69) is 5.16 Å². The van der Waals surface area contributed by atoms with Crippen LogP contribution in [0.1, 0.15) is 5.56 Å². The summed E-state index contributed by atoms with van der Waals surface area (Å²) in [4.78, 5) is 4.94. The molecule has 2 heterocycles. The minimum Gasteiger partial charge on any atom is -0.619 e. The first kappa shape index (κ1) is 9.72. The van der Waals surface area contributed by atoms with Crippen molar-refractivity contribution in [3.63, 3.8) is 0 Å². The van der Waals surface area contributed by atoms with E-state index in [1.807, 2.05) is 0 Å². The van der Waals surface area contributed by atoms with Crippen molar-refractivity contribution in [2.75, 3.05) is 13.2 Å². The lowest BCUT2D eigenvalue weighted by Crippen LogP contribution is -2.27. The number of oxime groups is 1. The number of nitrogens with zero attached hydrogens (tertiary/aromatic N) is 2. The van der Waals surface area contributed by atoms with Crippen LogP contribution in [0.25, 0.3) is 0 Å². The summed E-state index contributed by atoms with van der Waals surface area (Å²) in [7, 11) is 0. The van der Waals surface area contributed by atoms with E-state index in [9.17, 15) is 5.21 Å². The molecule has 1 aromatic heterocycles. The van der Waals surface area contributed by atoms with Gasteiger partial charge in [0.25, 0.3) is 0 Å². The molecule has 0 aliphatic carbocycles. The van der Waals surface area contributed by atoms with Crippen molar-refractivity contribution < 1.29 is 14.3 Å². The van der Waals surface area contributed by atoms with Gasteiger partial charge in [-0.25, -0.2) is 0 Å². The molecule has 0 aromatic carbocycles. The van der Waals surface area contributed by atoms with Gasteiger partial charge in [0, 0.05) is 6.07 Å². The van der Waals surface area contributed by atoms with Gasteiger partial charge in [0.15, 0.2) is 18.2 Å². The predicted octanol–water partition coefficient (Wildman–Crippen LogP) is -0.644. The van der Waals surface area contributed by atoms with Gasteiger partial charge in [0.1, 0.15) is 12.7 Å². The molecule has 1 aromatic rings. The van der Waals surface area contributed by atoms with E-state index in [1.165, 1.54) is 12.4 Å². The Kier molecular flexibility index (Phi) is 2.68. The van der Waals surface area contributed by atoms with Crippen molar-refractivity contribution in [3.8, 4) is 0 Å². The summed E-state index contributed by atoms with van der Waals surface area (Å²) in [6, 6.07) is 3.28. The molecule has 1 aliphatic rings. The zero-order valence-corrected chi connectivity index (χ0v) is 8.00.